The molecule has 174 valence electrons. The summed E-state index contributed by atoms with van der Waals surface area (Å²) in [5.41, 5.74) is 4.53. The molecule has 0 atom stereocenters. The predicted molar refractivity (Wildman–Crippen MR) is 139 cm³/mol. The third-order valence-electron chi connectivity index (χ3n) is 5.65. The fraction of sp³-hybridized carbons (Fsp3) is 0.107. The number of thioether (sulfide) groups is 1. The first-order chi connectivity index (χ1) is 17.2. The summed E-state index contributed by atoms with van der Waals surface area (Å²) in [6, 6.07) is 26.6. The summed E-state index contributed by atoms with van der Waals surface area (Å²) < 4.78 is 3.66. The SMILES string of the molecule is O=C(NCc1ccc(Cn2ccccc2=O)cc1)c1ccccc1SCc1cn2ccccc2n1. The highest BCUT2D eigenvalue weighted by atomic mass is 32.2. The molecule has 0 saturated heterocycles. The van der Waals surface area contributed by atoms with E-state index in [0.717, 1.165) is 27.4 Å². The van der Waals surface area contributed by atoms with Crippen LogP contribution in [0.25, 0.3) is 5.65 Å². The lowest BCUT2D eigenvalue weighted by Crippen LogP contribution is -2.23. The van der Waals surface area contributed by atoms with Gasteiger partial charge in [-0.2, -0.15) is 0 Å². The highest BCUT2D eigenvalue weighted by Gasteiger charge is 2.12. The number of nitrogens with zero attached hydrogens (tertiary/aromatic N) is 3. The Morgan fingerprint density at radius 1 is 0.857 bits per heavy atom. The largest absolute Gasteiger partial charge is 0.348 e. The molecular formula is C28H24N4O2S. The van der Waals surface area contributed by atoms with Gasteiger partial charge in [0.05, 0.1) is 17.8 Å². The van der Waals surface area contributed by atoms with Crippen molar-refractivity contribution in [3.8, 4) is 0 Å². The molecule has 2 aromatic carbocycles. The van der Waals surface area contributed by atoms with Crippen molar-refractivity contribution < 1.29 is 4.79 Å². The highest BCUT2D eigenvalue weighted by Crippen LogP contribution is 2.26. The van der Waals surface area contributed by atoms with E-state index in [9.17, 15) is 9.59 Å². The lowest BCUT2D eigenvalue weighted by atomic mass is 10.1. The van der Waals surface area contributed by atoms with Gasteiger partial charge in [-0.25, -0.2) is 4.98 Å². The van der Waals surface area contributed by atoms with Crippen LogP contribution in [0.4, 0.5) is 0 Å². The minimum absolute atomic E-state index is 0.0263. The van der Waals surface area contributed by atoms with Crippen molar-refractivity contribution in [2.24, 2.45) is 0 Å². The molecule has 0 unspecified atom stereocenters. The lowest BCUT2D eigenvalue weighted by molar-refractivity contribution is 0.0948. The number of carbonyl (C=O) groups is 1. The third-order valence-corrected chi connectivity index (χ3v) is 6.76. The van der Waals surface area contributed by atoms with Gasteiger partial charge in [-0.05, 0) is 41.5 Å². The lowest BCUT2D eigenvalue weighted by Gasteiger charge is -2.10. The number of pyridine rings is 2. The molecule has 0 fully saturated rings. The molecule has 0 saturated carbocycles. The van der Waals surface area contributed by atoms with E-state index < -0.39 is 0 Å². The molecule has 7 heteroatoms. The molecule has 3 aromatic heterocycles. The summed E-state index contributed by atoms with van der Waals surface area (Å²) >= 11 is 1.60. The van der Waals surface area contributed by atoms with Crippen LogP contribution in [-0.2, 0) is 18.8 Å². The molecule has 0 radical (unpaired) electrons. The molecule has 1 amide bonds. The Kier molecular flexibility index (Phi) is 6.77. The van der Waals surface area contributed by atoms with Gasteiger partial charge in [0.15, 0.2) is 0 Å². The number of benzene rings is 2. The minimum atomic E-state index is -0.108. The van der Waals surface area contributed by atoms with Gasteiger partial charge in [0.25, 0.3) is 11.5 Å². The van der Waals surface area contributed by atoms with Gasteiger partial charge in [-0.3, -0.25) is 9.59 Å². The summed E-state index contributed by atoms with van der Waals surface area (Å²) in [5.74, 6) is 0.570. The van der Waals surface area contributed by atoms with Gasteiger partial charge < -0.3 is 14.3 Å². The quantitative estimate of drug-likeness (QED) is 0.325. The number of rotatable bonds is 8. The first-order valence-electron chi connectivity index (χ1n) is 11.3. The van der Waals surface area contributed by atoms with Crippen molar-refractivity contribution >= 4 is 23.3 Å². The topological polar surface area (TPSA) is 68.4 Å². The van der Waals surface area contributed by atoms with Crippen molar-refractivity contribution in [2.45, 2.75) is 23.7 Å². The Bertz CT molecular complexity index is 1490. The molecule has 5 aromatic rings. The van der Waals surface area contributed by atoms with Crippen molar-refractivity contribution in [1.29, 1.82) is 0 Å². The Hall–Kier alpha value is -4.10. The zero-order chi connectivity index (χ0) is 24.0. The number of aromatic nitrogens is 3. The zero-order valence-corrected chi connectivity index (χ0v) is 19.8. The number of fused-ring (bicyclic) bond motifs is 1. The van der Waals surface area contributed by atoms with Crippen LogP contribution in [-0.4, -0.2) is 19.9 Å². The number of hydrogen-bond acceptors (Lipinski definition) is 4. The fourth-order valence-corrected chi connectivity index (χ4v) is 4.75. The fourth-order valence-electron chi connectivity index (χ4n) is 3.82. The molecule has 0 spiro atoms. The van der Waals surface area contributed by atoms with Crippen molar-refractivity contribution in [3.63, 3.8) is 0 Å². The average Bonchev–Trinajstić information content (AvgIpc) is 3.31. The van der Waals surface area contributed by atoms with Crippen LogP contribution in [0.5, 0.6) is 0 Å². The van der Waals surface area contributed by atoms with Crippen molar-refractivity contribution in [2.75, 3.05) is 0 Å². The Labute approximate surface area is 207 Å². The Balaban J connectivity index is 1.20. The summed E-state index contributed by atoms with van der Waals surface area (Å²) in [4.78, 5) is 30.4. The van der Waals surface area contributed by atoms with E-state index in [1.54, 1.807) is 34.7 Å². The Morgan fingerprint density at radius 2 is 1.60 bits per heavy atom. The van der Waals surface area contributed by atoms with Crippen LogP contribution in [0.15, 0.2) is 113 Å². The molecule has 0 aliphatic rings. The maximum atomic E-state index is 13.0. The summed E-state index contributed by atoms with van der Waals surface area (Å²) in [7, 11) is 0. The zero-order valence-electron chi connectivity index (χ0n) is 19.0. The smallest absolute Gasteiger partial charge is 0.252 e. The number of nitrogens with one attached hydrogen (secondary N) is 1. The second kappa shape index (κ2) is 10.4. The molecule has 6 nitrogen and oxygen atoms in total. The van der Waals surface area contributed by atoms with Crippen LogP contribution in [0, 0.1) is 0 Å². The molecule has 35 heavy (non-hydrogen) atoms. The molecule has 0 bridgehead atoms. The van der Waals surface area contributed by atoms with Gasteiger partial charge in [-0.15, -0.1) is 11.8 Å². The first kappa shape index (κ1) is 22.7. The summed E-state index contributed by atoms with van der Waals surface area (Å²) in [6.07, 6.45) is 5.77. The van der Waals surface area contributed by atoms with Crippen molar-refractivity contribution in [1.82, 2.24) is 19.3 Å². The van der Waals surface area contributed by atoms with E-state index in [0.29, 0.717) is 24.4 Å². The average molecular weight is 481 g/mol. The molecule has 3 heterocycles. The molecule has 0 aliphatic carbocycles. The van der Waals surface area contributed by atoms with Gasteiger partial charge in [-0.1, -0.05) is 48.5 Å². The van der Waals surface area contributed by atoms with Crippen LogP contribution in [0.2, 0.25) is 0 Å². The Morgan fingerprint density at radius 3 is 2.43 bits per heavy atom. The van der Waals surface area contributed by atoms with E-state index in [2.05, 4.69) is 10.3 Å². The van der Waals surface area contributed by atoms with E-state index >= 15 is 0 Å². The highest BCUT2D eigenvalue weighted by molar-refractivity contribution is 7.98. The number of imidazole rings is 1. The second-order valence-electron chi connectivity index (χ2n) is 8.15. The van der Waals surface area contributed by atoms with E-state index in [1.165, 1.54) is 0 Å². The van der Waals surface area contributed by atoms with E-state index in [-0.39, 0.29) is 11.5 Å². The first-order valence-corrected chi connectivity index (χ1v) is 12.3. The monoisotopic (exact) mass is 480 g/mol. The summed E-state index contributed by atoms with van der Waals surface area (Å²) in [6.45, 7) is 0.944. The van der Waals surface area contributed by atoms with Gasteiger partial charge in [0.2, 0.25) is 0 Å². The molecule has 1 N–H and O–H groups in total. The van der Waals surface area contributed by atoms with Crippen LogP contribution < -0.4 is 10.9 Å². The van der Waals surface area contributed by atoms with Gasteiger partial charge in [0, 0.05) is 41.8 Å². The normalized spacial score (nSPS) is 11.0. The number of amides is 1. The van der Waals surface area contributed by atoms with E-state index in [1.807, 2.05) is 89.6 Å². The molecule has 5 rings (SSSR count). The standard InChI is InChI=1S/C28H24N4O2S/c33-27-10-4-6-16-32(27)18-22-13-11-21(12-14-22)17-29-28(34)24-7-1-2-8-25(24)35-20-23-19-31-15-5-3-9-26(31)30-23/h1-16,19H,17-18,20H2,(H,29,34). The number of carbonyl (C=O) groups excluding carboxylic acids is 1. The second-order valence-corrected chi connectivity index (χ2v) is 9.17. The maximum Gasteiger partial charge on any atom is 0.252 e. The van der Waals surface area contributed by atoms with Gasteiger partial charge in [0.1, 0.15) is 5.65 Å². The predicted octanol–water partition coefficient (Wildman–Crippen LogP) is 4.77. The maximum absolute atomic E-state index is 13.0. The van der Waals surface area contributed by atoms with Gasteiger partial charge >= 0.3 is 0 Å². The molecular weight excluding hydrogens is 456 g/mol. The molecule has 0 aliphatic heterocycles. The van der Waals surface area contributed by atoms with Crippen LogP contribution in [0.3, 0.4) is 0 Å². The minimum Gasteiger partial charge on any atom is -0.348 e. The summed E-state index contributed by atoms with van der Waals surface area (Å²) in [5, 5.41) is 3.03. The van der Waals surface area contributed by atoms with E-state index in [4.69, 9.17) is 0 Å². The third kappa shape index (κ3) is 5.53. The van der Waals surface area contributed by atoms with Crippen molar-refractivity contribution in [3.05, 3.63) is 136 Å². The number of hydrogen-bond donors (Lipinski definition) is 1. The van der Waals surface area contributed by atoms with Crippen LogP contribution in [0.1, 0.15) is 27.2 Å². The van der Waals surface area contributed by atoms with Crippen LogP contribution >= 0.6 is 11.8 Å².